The maximum atomic E-state index is 11.9. The predicted octanol–water partition coefficient (Wildman–Crippen LogP) is 0.153. The van der Waals surface area contributed by atoms with Crippen molar-refractivity contribution in [1.82, 2.24) is 15.4 Å². The van der Waals surface area contributed by atoms with Crippen molar-refractivity contribution in [3.05, 3.63) is 42.5 Å². The molecule has 1 aromatic rings. The number of amides is 3. The molecule has 1 aromatic carbocycles. The van der Waals surface area contributed by atoms with Crippen LogP contribution in [0.1, 0.15) is 17.3 Å². The number of sulfonamides is 1. The van der Waals surface area contributed by atoms with Gasteiger partial charge in [-0.25, -0.2) is 22.7 Å². The van der Waals surface area contributed by atoms with Gasteiger partial charge in [-0.1, -0.05) is 6.08 Å². The molecule has 10 heteroatoms. The van der Waals surface area contributed by atoms with Crippen LogP contribution >= 0.6 is 0 Å². The van der Waals surface area contributed by atoms with E-state index in [0.29, 0.717) is 6.54 Å². The summed E-state index contributed by atoms with van der Waals surface area (Å²) in [5, 5.41) is 4.32. The molecule has 0 unspecified atom stereocenters. The molecule has 3 N–H and O–H groups in total. The van der Waals surface area contributed by atoms with E-state index in [9.17, 15) is 22.8 Å². The molecule has 0 aliphatic carbocycles. The third-order valence-electron chi connectivity index (χ3n) is 2.74. The molecule has 136 valence electrons. The summed E-state index contributed by atoms with van der Waals surface area (Å²) < 4.78 is 30.8. The number of urea groups is 1. The van der Waals surface area contributed by atoms with Gasteiger partial charge < -0.3 is 10.1 Å². The molecule has 0 atom stereocenters. The summed E-state index contributed by atoms with van der Waals surface area (Å²) in [4.78, 5) is 34.3. The topological polar surface area (TPSA) is 131 Å². The molecule has 0 fully saturated rings. The highest BCUT2D eigenvalue weighted by molar-refractivity contribution is 7.89. The minimum atomic E-state index is -3.69. The average molecular weight is 369 g/mol. The number of carbonyl (C=O) groups excluding carboxylic acids is 3. The molecule has 0 spiro atoms. The fourth-order valence-electron chi connectivity index (χ4n) is 1.60. The second-order valence-corrected chi connectivity index (χ2v) is 6.42. The third kappa shape index (κ3) is 6.73. The van der Waals surface area contributed by atoms with Crippen molar-refractivity contribution in [2.24, 2.45) is 0 Å². The highest BCUT2D eigenvalue weighted by Crippen LogP contribution is 2.11. The van der Waals surface area contributed by atoms with Crippen LogP contribution in [0, 0.1) is 0 Å². The molecule has 0 aliphatic rings. The first-order valence-electron chi connectivity index (χ1n) is 7.25. The van der Waals surface area contributed by atoms with Crippen LogP contribution in [0.3, 0.4) is 0 Å². The Hall–Kier alpha value is -2.72. The highest BCUT2D eigenvalue weighted by atomic mass is 32.2. The van der Waals surface area contributed by atoms with E-state index in [-0.39, 0.29) is 17.0 Å². The molecule has 0 saturated heterocycles. The Morgan fingerprint density at radius 2 is 1.84 bits per heavy atom. The molecule has 0 aromatic heterocycles. The van der Waals surface area contributed by atoms with E-state index in [1.54, 1.807) is 6.92 Å². The summed E-state index contributed by atoms with van der Waals surface area (Å²) in [6.45, 7) is 4.87. The number of benzene rings is 1. The molecular weight excluding hydrogens is 350 g/mol. The normalized spacial score (nSPS) is 10.6. The van der Waals surface area contributed by atoms with E-state index >= 15 is 0 Å². The Bertz CT molecular complexity index is 743. The van der Waals surface area contributed by atoms with Crippen LogP contribution in [0.15, 0.2) is 41.8 Å². The van der Waals surface area contributed by atoms with E-state index in [1.165, 1.54) is 30.3 Å². The van der Waals surface area contributed by atoms with E-state index in [0.717, 1.165) is 0 Å². The standard InChI is InChI=1S/C15H19N3O6S/c1-3-9-17-25(22,23)12-7-5-11(6-8-12)14(20)24-10-13(19)18-15(21)16-4-2/h3,5-8,17H,1,4,9-10H2,2H3,(H2,16,18,19,21). The second kappa shape index (κ2) is 9.55. The summed E-state index contributed by atoms with van der Waals surface area (Å²) in [6.07, 6.45) is 1.40. The van der Waals surface area contributed by atoms with Gasteiger partial charge in [-0.2, -0.15) is 0 Å². The second-order valence-electron chi connectivity index (χ2n) is 4.65. The minimum Gasteiger partial charge on any atom is -0.452 e. The van der Waals surface area contributed by atoms with Crippen LogP contribution in [-0.2, 0) is 19.6 Å². The molecule has 0 radical (unpaired) electrons. The van der Waals surface area contributed by atoms with Crippen molar-refractivity contribution in [1.29, 1.82) is 0 Å². The lowest BCUT2D eigenvalue weighted by Crippen LogP contribution is -2.41. The molecule has 0 heterocycles. The number of imide groups is 1. The molecule has 9 nitrogen and oxygen atoms in total. The van der Waals surface area contributed by atoms with Gasteiger partial charge in [0.05, 0.1) is 10.5 Å². The number of nitrogens with one attached hydrogen (secondary N) is 3. The van der Waals surface area contributed by atoms with Crippen LogP contribution < -0.4 is 15.4 Å². The monoisotopic (exact) mass is 369 g/mol. The van der Waals surface area contributed by atoms with Crippen molar-refractivity contribution in [3.8, 4) is 0 Å². The van der Waals surface area contributed by atoms with Crippen molar-refractivity contribution < 1.29 is 27.5 Å². The maximum Gasteiger partial charge on any atom is 0.338 e. The lowest BCUT2D eigenvalue weighted by molar-refractivity contribution is -0.123. The lowest BCUT2D eigenvalue weighted by Gasteiger charge is -2.07. The van der Waals surface area contributed by atoms with Crippen LogP contribution in [0.25, 0.3) is 0 Å². The zero-order valence-electron chi connectivity index (χ0n) is 13.6. The molecule has 0 saturated carbocycles. The Balaban J connectivity index is 2.61. The molecule has 3 amide bonds. The zero-order chi connectivity index (χ0) is 18.9. The quantitative estimate of drug-likeness (QED) is 0.442. The largest absolute Gasteiger partial charge is 0.452 e. The van der Waals surface area contributed by atoms with Gasteiger partial charge >= 0.3 is 12.0 Å². The van der Waals surface area contributed by atoms with E-state index in [4.69, 9.17) is 4.74 Å². The minimum absolute atomic E-state index is 0.0279. The van der Waals surface area contributed by atoms with Crippen molar-refractivity contribution in [2.75, 3.05) is 19.7 Å². The van der Waals surface area contributed by atoms with Crippen LogP contribution in [0.5, 0.6) is 0 Å². The fraction of sp³-hybridized carbons (Fsp3) is 0.267. The van der Waals surface area contributed by atoms with Gasteiger partial charge in [0.2, 0.25) is 10.0 Å². The first-order valence-corrected chi connectivity index (χ1v) is 8.74. The smallest absolute Gasteiger partial charge is 0.338 e. The lowest BCUT2D eigenvalue weighted by atomic mass is 10.2. The van der Waals surface area contributed by atoms with E-state index in [2.05, 4.69) is 16.6 Å². The molecular formula is C15H19N3O6S. The fourth-order valence-corrected chi connectivity index (χ4v) is 2.60. The number of rotatable bonds is 8. The molecule has 25 heavy (non-hydrogen) atoms. The first-order chi connectivity index (χ1) is 11.8. The summed E-state index contributed by atoms with van der Waals surface area (Å²) in [5.74, 6) is -1.61. The van der Waals surface area contributed by atoms with Gasteiger partial charge in [-0.15, -0.1) is 6.58 Å². The van der Waals surface area contributed by atoms with Gasteiger partial charge in [0.25, 0.3) is 5.91 Å². The number of hydrogen-bond donors (Lipinski definition) is 3. The number of hydrogen-bond acceptors (Lipinski definition) is 6. The molecule has 1 rings (SSSR count). The molecule has 0 aliphatic heterocycles. The highest BCUT2D eigenvalue weighted by Gasteiger charge is 2.15. The Morgan fingerprint density at radius 1 is 1.20 bits per heavy atom. The van der Waals surface area contributed by atoms with Gasteiger partial charge in [-0.05, 0) is 31.2 Å². The summed E-state index contributed by atoms with van der Waals surface area (Å²) in [6, 6.07) is 4.29. The summed E-state index contributed by atoms with van der Waals surface area (Å²) in [7, 11) is -3.69. The van der Waals surface area contributed by atoms with Crippen LogP contribution in [0.2, 0.25) is 0 Å². The van der Waals surface area contributed by atoms with E-state index in [1.807, 2.05) is 5.32 Å². The maximum absolute atomic E-state index is 11.9. The Labute approximate surface area is 145 Å². The molecule has 0 bridgehead atoms. The van der Waals surface area contributed by atoms with Gasteiger partial charge in [0, 0.05) is 13.1 Å². The summed E-state index contributed by atoms with van der Waals surface area (Å²) in [5.41, 5.74) is 0.0634. The third-order valence-corrected chi connectivity index (χ3v) is 4.18. The predicted molar refractivity (Wildman–Crippen MR) is 89.3 cm³/mol. The SMILES string of the molecule is C=CCNS(=O)(=O)c1ccc(C(=O)OCC(=O)NC(=O)NCC)cc1. The zero-order valence-corrected chi connectivity index (χ0v) is 14.4. The summed E-state index contributed by atoms with van der Waals surface area (Å²) >= 11 is 0. The first kappa shape index (κ1) is 20.3. The number of esters is 1. The Morgan fingerprint density at radius 3 is 2.40 bits per heavy atom. The van der Waals surface area contributed by atoms with Crippen molar-refractivity contribution >= 4 is 27.9 Å². The van der Waals surface area contributed by atoms with Crippen LogP contribution in [-0.4, -0.2) is 46.0 Å². The number of ether oxygens (including phenoxy) is 1. The van der Waals surface area contributed by atoms with E-state index < -0.39 is 34.5 Å². The number of carbonyl (C=O) groups is 3. The van der Waals surface area contributed by atoms with Gasteiger partial charge in [-0.3, -0.25) is 10.1 Å². The Kier molecular flexibility index (Phi) is 7.76. The van der Waals surface area contributed by atoms with Crippen molar-refractivity contribution in [3.63, 3.8) is 0 Å². The average Bonchev–Trinajstić information content (AvgIpc) is 2.58. The van der Waals surface area contributed by atoms with Crippen molar-refractivity contribution in [2.45, 2.75) is 11.8 Å². The van der Waals surface area contributed by atoms with Gasteiger partial charge in [0.15, 0.2) is 6.61 Å². The van der Waals surface area contributed by atoms with Gasteiger partial charge in [0.1, 0.15) is 0 Å². The van der Waals surface area contributed by atoms with Crippen LogP contribution in [0.4, 0.5) is 4.79 Å².